The van der Waals surface area contributed by atoms with Crippen LogP contribution in [0.15, 0.2) is 59.6 Å². The first-order chi connectivity index (χ1) is 12.6. The molecular formula is C19H19N3O3S. The normalized spacial score (nSPS) is 16.1. The van der Waals surface area contributed by atoms with Gasteiger partial charge in [0.15, 0.2) is 6.29 Å². The Balaban J connectivity index is 1.57. The van der Waals surface area contributed by atoms with Crippen molar-refractivity contribution in [3.8, 4) is 0 Å². The number of aromatic amines is 1. The van der Waals surface area contributed by atoms with Gasteiger partial charge in [-0.3, -0.25) is 4.79 Å². The molecule has 0 aliphatic carbocycles. The lowest BCUT2D eigenvalue weighted by atomic mass is 10.2. The standard InChI is InChI=1S/C19H19N3O3S/c23-14-15-13-20-19-7-6-17(12-18(15)19)26(24,25)22-10-8-21(9-11-22)16-4-2-1-3-5-16/h1-7,12-14,20H,8-11H2. The highest BCUT2D eigenvalue weighted by atomic mass is 32.2. The van der Waals surface area contributed by atoms with Crippen molar-refractivity contribution in [3.63, 3.8) is 0 Å². The van der Waals surface area contributed by atoms with Crippen LogP contribution in [-0.4, -0.2) is 50.2 Å². The molecule has 2 heterocycles. The Labute approximate surface area is 152 Å². The van der Waals surface area contributed by atoms with Gasteiger partial charge >= 0.3 is 0 Å². The highest BCUT2D eigenvalue weighted by Gasteiger charge is 2.29. The van der Waals surface area contributed by atoms with Crippen LogP contribution >= 0.6 is 0 Å². The molecule has 0 unspecified atom stereocenters. The van der Waals surface area contributed by atoms with Gasteiger partial charge < -0.3 is 9.88 Å². The van der Waals surface area contributed by atoms with Crippen LogP contribution in [0.25, 0.3) is 10.9 Å². The summed E-state index contributed by atoms with van der Waals surface area (Å²) in [6.07, 6.45) is 2.32. The number of nitrogens with zero attached hydrogens (tertiary/aromatic N) is 2. The molecule has 2 aromatic carbocycles. The van der Waals surface area contributed by atoms with Gasteiger partial charge in [0.25, 0.3) is 0 Å². The fourth-order valence-corrected chi connectivity index (χ4v) is 4.80. The highest BCUT2D eigenvalue weighted by molar-refractivity contribution is 7.89. The summed E-state index contributed by atoms with van der Waals surface area (Å²) >= 11 is 0. The van der Waals surface area contributed by atoms with E-state index >= 15 is 0 Å². The van der Waals surface area contributed by atoms with E-state index in [9.17, 15) is 13.2 Å². The Morgan fingerprint density at radius 3 is 2.38 bits per heavy atom. The number of sulfonamides is 1. The second kappa shape index (κ2) is 6.59. The minimum atomic E-state index is -3.59. The Kier molecular flexibility index (Phi) is 4.26. The first kappa shape index (κ1) is 16.8. The van der Waals surface area contributed by atoms with Crippen LogP contribution in [0, 0.1) is 0 Å². The molecule has 1 fully saturated rings. The number of nitrogens with one attached hydrogen (secondary N) is 1. The number of rotatable bonds is 4. The Bertz CT molecular complexity index is 1040. The number of aldehydes is 1. The summed E-state index contributed by atoms with van der Waals surface area (Å²) in [4.78, 5) is 16.5. The van der Waals surface area contributed by atoms with Crippen molar-refractivity contribution in [2.45, 2.75) is 4.90 Å². The third-order valence-corrected chi connectivity index (χ3v) is 6.70. The van der Waals surface area contributed by atoms with Crippen LogP contribution < -0.4 is 4.90 Å². The smallest absolute Gasteiger partial charge is 0.243 e. The second-order valence-electron chi connectivity index (χ2n) is 6.30. The van der Waals surface area contributed by atoms with E-state index in [2.05, 4.69) is 9.88 Å². The maximum absolute atomic E-state index is 13.0. The van der Waals surface area contributed by atoms with E-state index in [4.69, 9.17) is 0 Å². The largest absolute Gasteiger partial charge is 0.369 e. The third-order valence-electron chi connectivity index (χ3n) is 4.81. The van der Waals surface area contributed by atoms with Gasteiger partial charge in [-0.25, -0.2) is 8.42 Å². The van der Waals surface area contributed by atoms with E-state index in [1.54, 1.807) is 24.4 Å². The van der Waals surface area contributed by atoms with Crippen molar-refractivity contribution in [1.29, 1.82) is 0 Å². The molecule has 6 nitrogen and oxygen atoms in total. The lowest BCUT2D eigenvalue weighted by Gasteiger charge is -2.35. The number of hydrogen-bond donors (Lipinski definition) is 1. The Morgan fingerprint density at radius 2 is 1.69 bits per heavy atom. The summed E-state index contributed by atoms with van der Waals surface area (Å²) in [5.41, 5.74) is 2.32. The quantitative estimate of drug-likeness (QED) is 0.717. The molecule has 26 heavy (non-hydrogen) atoms. The average molecular weight is 369 g/mol. The number of carbonyl (C=O) groups is 1. The summed E-state index contributed by atoms with van der Waals surface area (Å²) in [5.74, 6) is 0. The van der Waals surface area contributed by atoms with Gasteiger partial charge in [0.2, 0.25) is 10.0 Å². The molecule has 7 heteroatoms. The van der Waals surface area contributed by atoms with E-state index in [1.807, 2.05) is 30.3 Å². The van der Waals surface area contributed by atoms with Crippen LogP contribution in [0.3, 0.4) is 0 Å². The van der Waals surface area contributed by atoms with E-state index in [1.165, 1.54) is 4.31 Å². The van der Waals surface area contributed by atoms with E-state index < -0.39 is 10.0 Å². The van der Waals surface area contributed by atoms with Gasteiger partial charge in [-0.2, -0.15) is 4.31 Å². The molecule has 0 bridgehead atoms. The number of carbonyl (C=O) groups excluding carboxylic acids is 1. The van der Waals surface area contributed by atoms with Crippen molar-refractivity contribution in [3.05, 3.63) is 60.3 Å². The molecule has 1 aliphatic rings. The zero-order valence-corrected chi connectivity index (χ0v) is 14.9. The lowest BCUT2D eigenvalue weighted by Crippen LogP contribution is -2.48. The SMILES string of the molecule is O=Cc1c[nH]c2ccc(S(=O)(=O)N3CCN(c4ccccc4)CC3)cc12. The Morgan fingerprint density at radius 1 is 0.962 bits per heavy atom. The first-order valence-electron chi connectivity index (χ1n) is 8.46. The molecule has 1 N–H and O–H groups in total. The number of fused-ring (bicyclic) bond motifs is 1. The highest BCUT2D eigenvalue weighted by Crippen LogP contribution is 2.25. The van der Waals surface area contributed by atoms with Crippen molar-refractivity contribution in [1.82, 2.24) is 9.29 Å². The van der Waals surface area contributed by atoms with Gasteiger partial charge in [-0.1, -0.05) is 18.2 Å². The van der Waals surface area contributed by atoms with Gasteiger partial charge in [0.1, 0.15) is 0 Å². The predicted molar refractivity (Wildman–Crippen MR) is 101 cm³/mol. The lowest BCUT2D eigenvalue weighted by molar-refractivity contribution is 0.112. The number of anilines is 1. The molecule has 0 atom stereocenters. The molecule has 1 saturated heterocycles. The minimum absolute atomic E-state index is 0.223. The third kappa shape index (κ3) is 2.89. The summed E-state index contributed by atoms with van der Waals surface area (Å²) in [5, 5.41) is 0.629. The molecular weight excluding hydrogens is 350 g/mol. The van der Waals surface area contributed by atoms with Crippen LogP contribution in [-0.2, 0) is 10.0 Å². The number of piperazine rings is 1. The topological polar surface area (TPSA) is 73.5 Å². The van der Waals surface area contributed by atoms with Crippen molar-refractivity contribution in [2.75, 3.05) is 31.1 Å². The molecule has 1 aromatic heterocycles. The molecule has 0 saturated carbocycles. The number of benzene rings is 2. The van der Waals surface area contributed by atoms with Gasteiger partial charge in [-0.05, 0) is 30.3 Å². The summed E-state index contributed by atoms with van der Waals surface area (Å²) in [6.45, 7) is 2.16. The monoisotopic (exact) mass is 369 g/mol. The molecule has 1 aliphatic heterocycles. The van der Waals surface area contributed by atoms with Gasteiger partial charge in [-0.15, -0.1) is 0 Å². The second-order valence-corrected chi connectivity index (χ2v) is 8.23. The van der Waals surface area contributed by atoms with Crippen LogP contribution in [0.4, 0.5) is 5.69 Å². The Hall–Kier alpha value is -2.64. The number of hydrogen-bond acceptors (Lipinski definition) is 4. The molecule has 3 aromatic rings. The minimum Gasteiger partial charge on any atom is -0.369 e. The van der Waals surface area contributed by atoms with Gasteiger partial charge in [0, 0.05) is 54.5 Å². The van der Waals surface area contributed by atoms with Crippen molar-refractivity contribution >= 4 is 32.9 Å². The van der Waals surface area contributed by atoms with E-state index in [-0.39, 0.29) is 4.90 Å². The molecule has 0 spiro atoms. The van der Waals surface area contributed by atoms with Crippen molar-refractivity contribution < 1.29 is 13.2 Å². The summed E-state index contributed by atoms with van der Waals surface area (Å²) < 4.78 is 27.5. The maximum Gasteiger partial charge on any atom is 0.243 e. The number of aromatic nitrogens is 1. The van der Waals surface area contributed by atoms with Crippen LogP contribution in [0.5, 0.6) is 0 Å². The van der Waals surface area contributed by atoms with E-state index in [0.717, 1.165) is 17.5 Å². The van der Waals surface area contributed by atoms with Crippen LogP contribution in [0.1, 0.15) is 10.4 Å². The van der Waals surface area contributed by atoms with Crippen molar-refractivity contribution in [2.24, 2.45) is 0 Å². The number of H-pyrrole nitrogens is 1. The molecule has 0 amide bonds. The maximum atomic E-state index is 13.0. The number of para-hydroxylation sites is 1. The van der Waals surface area contributed by atoms with E-state index in [0.29, 0.717) is 37.1 Å². The summed E-state index contributed by atoms with van der Waals surface area (Å²) in [6, 6.07) is 14.9. The molecule has 0 radical (unpaired) electrons. The summed E-state index contributed by atoms with van der Waals surface area (Å²) in [7, 11) is -3.59. The predicted octanol–water partition coefficient (Wildman–Crippen LogP) is 2.49. The van der Waals surface area contributed by atoms with Crippen LogP contribution in [0.2, 0.25) is 0 Å². The zero-order valence-electron chi connectivity index (χ0n) is 14.1. The molecule has 4 rings (SSSR count). The molecule has 134 valence electrons. The van der Waals surface area contributed by atoms with Gasteiger partial charge in [0.05, 0.1) is 4.90 Å². The fraction of sp³-hybridized carbons (Fsp3) is 0.211. The fourth-order valence-electron chi connectivity index (χ4n) is 3.35. The first-order valence-corrected chi connectivity index (χ1v) is 9.90. The zero-order chi connectivity index (χ0) is 18.1. The average Bonchev–Trinajstić information content (AvgIpc) is 3.11.